The number of rotatable bonds is 2. The fraction of sp³-hybridized carbons (Fsp3) is 0.294. The van der Waals surface area contributed by atoms with Crippen LogP contribution in [0.5, 0.6) is 5.75 Å². The summed E-state index contributed by atoms with van der Waals surface area (Å²) in [6, 6.07) is 10.8. The van der Waals surface area contributed by atoms with E-state index in [1.807, 2.05) is 30.1 Å². The fourth-order valence-corrected chi connectivity index (χ4v) is 2.69. The van der Waals surface area contributed by atoms with Crippen molar-refractivity contribution in [1.29, 1.82) is 0 Å². The Hall–Kier alpha value is -1.92. The van der Waals surface area contributed by atoms with E-state index in [2.05, 4.69) is 0 Å². The molecule has 0 radical (unpaired) electrons. The lowest BCUT2D eigenvalue weighted by molar-refractivity contribution is -0.137. The standard InChI is InChI=1S/C17H17F3N2O.ClH/c1-22-10-16(12-3-5-13(6-4-12)17(18,19)20)23-15-7-2-11(9-21)8-14(15)22;/h2-8,16H,9-10,21H2,1H3;1H. The van der Waals surface area contributed by atoms with Gasteiger partial charge in [0.05, 0.1) is 17.8 Å². The van der Waals surface area contributed by atoms with E-state index in [0.29, 0.717) is 18.8 Å². The van der Waals surface area contributed by atoms with Crippen LogP contribution in [0.25, 0.3) is 0 Å². The highest BCUT2D eigenvalue weighted by Gasteiger charge is 2.31. The molecule has 0 saturated heterocycles. The third kappa shape index (κ3) is 3.60. The SMILES string of the molecule is CN1CC(c2ccc(C(F)(F)F)cc2)Oc2ccc(CN)cc21.Cl. The Bertz CT molecular complexity index is 704. The molecule has 0 fully saturated rings. The summed E-state index contributed by atoms with van der Waals surface area (Å²) in [6.45, 7) is 1.01. The Morgan fingerprint density at radius 3 is 2.42 bits per heavy atom. The minimum Gasteiger partial charge on any atom is -0.482 e. The molecule has 0 bridgehead atoms. The van der Waals surface area contributed by atoms with E-state index in [0.717, 1.165) is 28.9 Å². The Morgan fingerprint density at radius 1 is 1.17 bits per heavy atom. The number of hydrogen-bond donors (Lipinski definition) is 1. The number of halogens is 4. The lowest BCUT2D eigenvalue weighted by Gasteiger charge is -2.34. The maximum atomic E-state index is 12.6. The lowest BCUT2D eigenvalue weighted by atomic mass is 10.0. The lowest BCUT2D eigenvalue weighted by Crippen LogP contribution is -2.32. The Kier molecular flexibility index (Phi) is 5.30. The molecule has 3 nitrogen and oxygen atoms in total. The van der Waals surface area contributed by atoms with E-state index >= 15 is 0 Å². The molecule has 7 heteroatoms. The molecule has 0 amide bonds. The smallest absolute Gasteiger partial charge is 0.416 e. The van der Waals surface area contributed by atoms with Gasteiger partial charge in [0.15, 0.2) is 0 Å². The third-order valence-corrected chi connectivity index (χ3v) is 3.99. The van der Waals surface area contributed by atoms with Crippen LogP contribution in [-0.2, 0) is 12.7 Å². The zero-order valence-corrected chi connectivity index (χ0v) is 13.8. The second-order valence-electron chi connectivity index (χ2n) is 5.61. The minimum atomic E-state index is -4.33. The van der Waals surface area contributed by atoms with Gasteiger partial charge >= 0.3 is 6.18 Å². The number of likely N-dealkylation sites (N-methyl/N-ethyl adjacent to an activating group) is 1. The maximum Gasteiger partial charge on any atom is 0.416 e. The number of ether oxygens (including phenoxy) is 1. The van der Waals surface area contributed by atoms with E-state index in [9.17, 15) is 13.2 Å². The van der Waals surface area contributed by atoms with Gasteiger partial charge in [0.1, 0.15) is 11.9 Å². The normalized spacial score (nSPS) is 16.9. The molecule has 2 aromatic carbocycles. The first-order chi connectivity index (χ1) is 10.9. The quantitative estimate of drug-likeness (QED) is 0.876. The summed E-state index contributed by atoms with van der Waals surface area (Å²) >= 11 is 0. The number of benzene rings is 2. The first-order valence-electron chi connectivity index (χ1n) is 7.26. The van der Waals surface area contributed by atoms with Crippen molar-refractivity contribution in [2.45, 2.75) is 18.8 Å². The van der Waals surface area contributed by atoms with Crippen LogP contribution in [0.15, 0.2) is 42.5 Å². The molecular formula is C17H18ClF3N2O. The number of hydrogen-bond acceptors (Lipinski definition) is 3. The van der Waals surface area contributed by atoms with Crippen LogP contribution in [-0.4, -0.2) is 13.6 Å². The molecule has 1 heterocycles. The van der Waals surface area contributed by atoms with Crippen LogP contribution in [0.1, 0.15) is 22.8 Å². The van der Waals surface area contributed by atoms with Gasteiger partial charge in [-0.3, -0.25) is 0 Å². The molecular weight excluding hydrogens is 341 g/mol. The molecule has 0 saturated carbocycles. The zero-order valence-electron chi connectivity index (χ0n) is 13.0. The van der Waals surface area contributed by atoms with Gasteiger partial charge in [-0.1, -0.05) is 18.2 Å². The van der Waals surface area contributed by atoms with Crippen molar-refractivity contribution < 1.29 is 17.9 Å². The second kappa shape index (κ2) is 6.91. The monoisotopic (exact) mass is 358 g/mol. The van der Waals surface area contributed by atoms with Gasteiger partial charge in [0, 0.05) is 13.6 Å². The number of fused-ring (bicyclic) bond motifs is 1. The van der Waals surface area contributed by atoms with Crippen molar-refractivity contribution in [2.24, 2.45) is 5.73 Å². The molecule has 0 aliphatic carbocycles. The summed E-state index contributed by atoms with van der Waals surface area (Å²) in [5.41, 5.74) is 7.66. The molecule has 130 valence electrons. The second-order valence-corrected chi connectivity index (χ2v) is 5.61. The molecule has 2 N–H and O–H groups in total. The highest BCUT2D eigenvalue weighted by molar-refractivity contribution is 5.85. The maximum absolute atomic E-state index is 12.6. The van der Waals surface area contributed by atoms with E-state index < -0.39 is 11.7 Å². The Labute approximate surface area is 144 Å². The van der Waals surface area contributed by atoms with Gasteiger partial charge in [-0.05, 0) is 35.4 Å². The van der Waals surface area contributed by atoms with Crippen LogP contribution < -0.4 is 15.4 Å². The molecule has 2 aromatic rings. The van der Waals surface area contributed by atoms with Crippen molar-refractivity contribution in [3.05, 3.63) is 59.2 Å². The number of nitrogens with two attached hydrogens (primary N) is 1. The van der Waals surface area contributed by atoms with Crippen molar-refractivity contribution in [3.8, 4) is 5.75 Å². The van der Waals surface area contributed by atoms with Crippen LogP contribution in [0.3, 0.4) is 0 Å². The van der Waals surface area contributed by atoms with Crippen LogP contribution in [0, 0.1) is 0 Å². The van der Waals surface area contributed by atoms with Crippen molar-refractivity contribution in [2.75, 3.05) is 18.5 Å². The number of anilines is 1. The summed E-state index contributed by atoms with van der Waals surface area (Å²) in [6.07, 6.45) is -4.63. The summed E-state index contributed by atoms with van der Waals surface area (Å²) in [5, 5.41) is 0. The molecule has 24 heavy (non-hydrogen) atoms. The molecule has 1 atom stereocenters. The number of alkyl halides is 3. The Morgan fingerprint density at radius 2 is 1.83 bits per heavy atom. The van der Waals surface area contributed by atoms with E-state index in [4.69, 9.17) is 10.5 Å². The predicted molar refractivity (Wildman–Crippen MR) is 89.7 cm³/mol. The van der Waals surface area contributed by atoms with E-state index in [-0.39, 0.29) is 18.5 Å². The Balaban J connectivity index is 0.00000208. The first kappa shape index (κ1) is 18.4. The molecule has 3 rings (SSSR count). The first-order valence-corrected chi connectivity index (χ1v) is 7.26. The predicted octanol–water partition coefficient (Wildman–Crippen LogP) is 4.16. The van der Waals surface area contributed by atoms with E-state index in [1.54, 1.807) is 0 Å². The summed E-state index contributed by atoms with van der Waals surface area (Å²) in [4.78, 5) is 2.03. The van der Waals surface area contributed by atoms with E-state index in [1.165, 1.54) is 12.1 Å². The zero-order chi connectivity index (χ0) is 16.6. The average Bonchev–Trinajstić information content (AvgIpc) is 2.54. The molecule has 0 aromatic heterocycles. The van der Waals surface area contributed by atoms with Gasteiger partial charge < -0.3 is 15.4 Å². The molecule has 1 aliphatic heterocycles. The van der Waals surface area contributed by atoms with Crippen LogP contribution in [0.2, 0.25) is 0 Å². The third-order valence-electron chi connectivity index (χ3n) is 3.99. The topological polar surface area (TPSA) is 38.5 Å². The highest BCUT2D eigenvalue weighted by atomic mass is 35.5. The fourth-order valence-electron chi connectivity index (χ4n) is 2.69. The van der Waals surface area contributed by atoms with Crippen molar-refractivity contribution in [1.82, 2.24) is 0 Å². The van der Waals surface area contributed by atoms with Crippen LogP contribution >= 0.6 is 12.4 Å². The van der Waals surface area contributed by atoms with Gasteiger partial charge in [-0.25, -0.2) is 0 Å². The van der Waals surface area contributed by atoms with Crippen molar-refractivity contribution in [3.63, 3.8) is 0 Å². The summed E-state index contributed by atoms with van der Waals surface area (Å²) < 4.78 is 43.9. The summed E-state index contributed by atoms with van der Waals surface area (Å²) in [7, 11) is 1.93. The molecule has 1 aliphatic rings. The van der Waals surface area contributed by atoms with Crippen molar-refractivity contribution >= 4 is 18.1 Å². The van der Waals surface area contributed by atoms with Gasteiger partial charge in [0.2, 0.25) is 0 Å². The van der Waals surface area contributed by atoms with Crippen LogP contribution in [0.4, 0.5) is 18.9 Å². The van der Waals surface area contributed by atoms with Gasteiger partial charge in [-0.15, -0.1) is 12.4 Å². The minimum absolute atomic E-state index is 0. The summed E-state index contributed by atoms with van der Waals surface area (Å²) in [5.74, 6) is 0.709. The highest BCUT2D eigenvalue weighted by Crippen LogP contribution is 2.38. The molecule has 0 spiro atoms. The van der Waals surface area contributed by atoms with Gasteiger partial charge in [-0.2, -0.15) is 13.2 Å². The molecule has 1 unspecified atom stereocenters. The number of nitrogens with zero attached hydrogens (tertiary/aromatic N) is 1. The largest absolute Gasteiger partial charge is 0.482 e. The van der Waals surface area contributed by atoms with Gasteiger partial charge in [0.25, 0.3) is 0 Å². The average molecular weight is 359 g/mol.